The molecule has 2 rings (SSSR count). The van der Waals surface area contributed by atoms with Gasteiger partial charge in [0.25, 0.3) is 0 Å². The fourth-order valence-corrected chi connectivity index (χ4v) is 2.87. The molecule has 0 aliphatic rings. The van der Waals surface area contributed by atoms with Gasteiger partial charge in [-0.3, -0.25) is 0 Å². The number of sulfone groups is 1. The lowest BCUT2D eigenvalue weighted by Crippen LogP contribution is -2.10. The molecule has 0 spiro atoms. The Morgan fingerprint density at radius 2 is 1.65 bits per heavy atom. The maximum atomic E-state index is 12.4. The fourth-order valence-electron chi connectivity index (χ4n) is 1.60. The topological polar surface area (TPSA) is 47.0 Å². The lowest BCUT2D eigenvalue weighted by atomic mass is 10.2. The highest BCUT2D eigenvalue weighted by Crippen LogP contribution is 2.29. The second-order valence-electron chi connectivity index (χ2n) is 4.13. The molecular formula is C13H10F3NO2S. The van der Waals surface area contributed by atoms with Crippen molar-refractivity contribution in [2.24, 2.45) is 0 Å². The molecule has 0 bridgehead atoms. The summed E-state index contributed by atoms with van der Waals surface area (Å²) in [6.07, 6.45) is -4.01. The van der Waals surface area contributed by atoms with Crippen LogP contribution in [0.15, 0.2) is 53.7 Å². The van der Waals surface area contributed by atoms with E-state index in [1.807, 2.05) is 0 Å². The Morgan fingerprint density at radius 1 is 1.00 bits per heavy atom. The second kappa shape index (κ2) is 5.24. The SMILES string of the molecule is O=S(=O)(Cc1ccccc1)c1ccc(C(F)(F)F)cn1. The zero-order valence-corrected chi connectivity index (χ0v) is 10.9. The van der Waals surface area contributed by atoms with Crippen molar-refractivity contribution in [2.75, 3.05) is 0 Å². The molecule has 3 nitrogen and oxygen atoms in total. The number of hydrogen-bond donors (Lipinski definition) is 0. The van der Waals surface area contributed by atoms with Crippen LogP contribution in [0.1, 0.15) is 11.1 Å². The molecule has 0 atom stereocenters. The van der Waals surface area contributed by atoms with Gasteiger partial charge in [-0.05, 0) is 17.7 Å². The van der Waals surface area contributed by atoms with E-state index < -0.39 is 21.6 Å². The number of rotatable bonds is 3. The van der Waals surface area contributed by atoms with Gasteiger partial charge in [0.2, 0.25) is 0 Å². The maximum absolute atomic E-state index is 12.4. The Balaban J connectivity index is 2.27. The predicted octanol–water partition coefficient (Wildman–Crippen LogP) is 3.07. The molecule has 20 heavy (non-hydrogen) atoms. The summed E-state index contributed by atoms with van der Waals surface area (Å²) >= 11 is 0. The lowest BCUT2D eigenvalue weighted by molar-refractivity contribution is -0.137. The Kier molecular flexibility index (Phi) is 3.80. The summed E-state index contributed by atoms with van der Waals surface area (Å²) in [5, 5.41) is -0.366. The summed E-state index contributed by atoms with van der Waals surface area (Å²) in [5.41, 5.74) is -0.426. The molecule has 106 valence electrons. The first-order valence-corrected chi connectivity index (χ1v) is 7.24. The summed E-state index contributed by atoms with van der Waals surface area (Å²) in [5.74, 6) is -0.299. The molecule has 0 saturated heterocycles. The number of nitrogens with zero attached hydrogens (tertiary/aromatic N) is 1. The van der Waals surface area contributed by atoms with Crippen LogP contribution < -0.4 is 0 Å². The van der Waals surface area contributed by atoms with Crippen LogP contribution in [-0.2, 0) is 21.8 Å². The average Bonchev–Trinajstić information content (AvgIpc) is 2.38. The van der Waals surface area contributed by atoms with Crippen molar-refractivity contribution in [3.8, 4) is 0 Å². The van der Waals surface area contributed by atoms with Crippen molar-refractivity contribution in [3.05, 3.63) is 59.8 Å². The van der Waals surface area contributed by atoms with E-state index in [9.17, 15) is 21.6 Å². The van der Waals surface area contributed by atoms with Crippen LogP contribution in [0.25, 0.3) is 0 Å². The van der Waals surface area contributed by atoms with Gasteiger partial charge in [-0.2, -0.15) is 13.2 Å². The number of halogens is 3. The zero-order chi connectivity index (χ0) is 14.8. The molecule has 1 aromatic carbocycles. The number of benzene rings is 1. The van der Waals surface area contributed by atoms with E-state index in [1.54, 1.807) is 30.3 Å². The standard InChI is InChI=1S/C13H10F3NO2S/c14-13(15,16)11-6-7-12(17-8-11)20(18,19)9-10-4-2-1-3-5-10/h1-8H,9H2. The molecule has 0 aliphatic carbocycles. The normalized spacial score (nSPS) is 12.3. The van der Waals surface area contributed by atoms with Crippen LogP contribution in [0, 0.1) is 0 Å². The number of alkyl halides is 3. The van der Waals surface area contributed by atoms with Crippen LogP contribution in [0.5, 0.6) is 0 Å². The van der Waals surface area contributed by atoms with E-state index in [-0.39, 0.29) is 10.8 Å². The van der Waals surface area contributed by atoms with Gasteiger partial charge in [-0.15, -0.1) is 0 Å². The first-order valence-electron chi connectivity index (χ1n) is 5.59. The molecule has 0 unspecified atom stereocenters. The predicted molar refractivity (Wildman–Crippen MR) is 66.6 cm³/mol. The molecule has 2 aromatic rings. The Bertz CT molecular complexity index is 680. The van der Waals surface area contributed by atoms with E-state index in [2.05, 4.69) is 4.98 Å². The molecule has 0 radical (unpaired) electrons. The summed E-state index contributed by atoms with van der Waals surface area (Å²) in [4.78, 5) is 3.41. The average molecular weight is 301 g/mol. The highest BCUT2D eigenvalue weighted by Gasteiger charge is 2.31. The Labute approximate surface area is 114 Å². The maximum Gasteiger partial charge on any atom is 0.417 e. The van der Waals surface area contributed by atoms with Gasteiger partial charge in [0.05, 0.1) is 11.3 Å². The monoisotopic (exact) mass is 301 g/mol. The van der Waals surface area contributed by atoms with Crippen LogP contribution in [0.2, 0.25) is 0 Å². The molecule has 0 aliphatic heterocycles. The summed E-state index contributed by atoms with van der Waals surface area (Å²) in [6.45, 7) is 0. The molecule has 0 fully saturated rings. The van der Waals surface area contributed by atoms with Gasteiger partial charge in [-0.1, -0.05) is 30.3 Å². The smallest absolute Gasteiger partial charge is 0.244 e. The van der Waals surface area contributed by atoms with Crippen molar-refractivity contribution in [2.45, 2.75) is 17.0 Å². The van der Waals surface area contributed by atoms with Crippen molar-refractivity contribution < 1.29 is 21.6 Å². The van der Waals surface area contributed by atoms with E-state index in [0.29, 0.717) is 17.8 Å². The van der Waals surface area contributed by atoms with Gasteiger partial charge in [-0.25, -0.2) is 13.4 Å². The van der Waals surface area contributed by atoms with Crippen molar-refractivity contribution >= 4 is 9.84 Å². The minimum absolute atomic E-state index is 0.299. The first-order chi connectivity index (χ1) is 9.29. The molecule has 0 amide bonds. The first kappa shape index (κ1) is 14.5. The lowest BCUT2D eigenvalue weighted by Gasteiger charge is -2.07. The molecule has 0 N–H and O–H groups in total. The van der Waals surface area contributed by atoms with Gasteiger partial charge in [0.1, 0.15) is 0 Å². The second-order valence-corrected chi connectivity index (χ2v) is 6.06. The highest BCUT2D eigenvalue weighted by molar-refractivity contribution is 7.90. The minimum Gasteiger partial charge on any atom is -0.244 e. The Morgan fingerprint density at radius 3 is 2.15 bits per heavy atom. The van der Waals surface area contributed by atoms with Gasteiger partial charge < -0.3 is 0 Å². The quantitative estimate of drug-likeness (QED) is 0.875. The van der Waals surface area contributed by atoms with Crippen LogP contribution in [0.3, 0.4) is 0 Å². The largest absolute Gasteiger partial charge is 0.417 e. The number of aromatic nitrogens is 1. The minimum atomic E-state index is -4.53. The number of pyridine rings is 1. The molecule has 0 saturated carbocycles. The van der Waals surface area contributed by atoms with E-state index in [0.717, 1.165) is 6.07 Å². The van der Waals surface area contributed by atoms with E-state index >= 15 is 0 Å². The third kappa shape index (κ3) is 3.36. The van der Waals surface area contributed by atoms with E-state index in [4.69, 9.17) is 0 Å². The van der Waals surface area contributed by atoms with Gasteiger partial charge in [0, 0.05) is 6.20 Å². The van der Waals surface area contributed by atoms with Gasteiger partial charge >= 0.3 is 6.18 Å². The molecule has 1 aromatic heterocycles. The van der Waals surface area contributed by atoms with Crippen molar-refractivity contribution in [1.82, 2.24) is 4.98 Å². The Hall–Kier alpha value is -1.89. The van der Waals surface area contributed by atoms with Crippen molar-refractivity contribution in [3.63, 3.8) is 0 Å². The van der Waals surface area contributed by atoms with Crippen LogP contribution in [0.4, 0.5) is 13.2 Å². The zero-order valence-electron chi connectivity index (χ0n) is 10.1. The fraction of sp³-hybridized carbons (Fsp3) is 0.154. The summed E-state index contributed by atoms with van der Waals surface area (Å²) in [6, 6.07) is 9.96. The summed E-state index contributed by atoms with van der Waals surface area (Å²) in [7, 11) is -3.75. The van der Waals surface area contributed by atoms with Crippen LogP contribution in [-0.4, -0.2) is 13.4 Å². The molecule has 7 heteroatoms. The van der Waals surface area contributed by atoms with Crippen LogP contribution >= 0.6 is 0 Å². The summed E-state index contributed by atoms with van der Waals surface area (Å²) < 4.78 is 61.2. The van der Waals surface area contributed by atoms with Gasteiger partial charge in [0.15, 0.2) is 14.9 Å². The molecular weight excluding hydrogens is 291 g/mol. The highest BCUT2D eigenvalue weighted by atomic mass is 32.2. The third-order valence-electron chi connectivity index (χ3n) is 2.58. The van der Waals surface area contributed by atoms with Crippen molar-refractivity contribution in [1.29, 1.82) is 0 Å². The number of hydrogen-bond acceptors (Lipinski definition) is 3. The third-order valence-corrected chi connectivity index (χ3v) is 4.17. The molecule has 1 heterocycles. The van der Waals surface area contributed by atoms with E-state index in [1.165, 1.54) is 0 Å².